The summed E-state index contributed by atoms with van der Waals surface area (Å²) in [4.78, 5) is 32.2. The van der Waals surface area contributed by atoms with Crippen molar-refractivity contribution in [2.24, 2.45) is 4.99 Å². The Bertz CT molecular complexity index is 1830. The van der Waals surface area contributed by atoms with Crippen molar-refractivity contribution in [3.05, 3.63) is 101 Å². The van der Waals surface area contributed by atoms with Gasteiger partial charge in [0.15, 0.2) is 4.80 Å². The van der Waals surface area contributed by atoms with Gasteiger partial charge in [0.05, 0.1) is 36.6 Å². The summed E-state index contributed by atoms with van der Waals surface area (Å²) in [7, 11) is 3.09. The summed E-state index contributed by atoms with van der Waals surface area (Å²) in [6.45, 7) is 5.68. The lowest BCUT2D eigenvalue weighted by Crippen LogP contribution is -2.40. The predicted octanol–water partition coefficient (Wildman–Crippen LogP) is 5.15. The van der Waals surface area contributed by atoms with Gasteiger partial charge in [-0.3, -0.25) is 9.36 Å². The van der Waals surface area contributed by atoms with E-state index in [4.69, 9.17) is 18.6 Å². The molecular formula is C30H27BrN2O6S. The number of carbonyl (C=O) groups excluding carboxylic acids is 1. The zero-order valence-corrected chi connectivity index (χ0v) is 25.0. The van der Waals surface area contributed by atoms with E-state index in [9.17, 15) is 9.59 Å². The monoisotopic (exact) mass is 622 g/mol. The quantitative estimate of drug-likeness (QED) is 0.265. The highest BCUT2D eigenvalue weighted by molar-refractivity contribution is 9.10. The Labute approximate surface area is 243 Å². The maximum Gasteiger partial charge on any atom is 0.338 e. The number of rotatable bonds is 7. The number of aromatic nitrogens is 1. The van der Waals surface area contributed by atoms with Gasteiger partial charge in [-0.1, -0.05) is 33.3 Å². The molecule has 1 atom stereocenters. The largest absolute Gasteiger partial charge is 0.497 e. The Morgan fingerprint density at radius 2 is 1.93 bits per heavy atom. The summed E-state index contributed by atoms with van der Waals surface area (Å²) in [6.07, 6.45) is 1.70. The van der Waals surface area contributed by atoms with Crippen LogP contribution < -0.4 is 24.4 Å². The number of thiazole rings is 1. The first-order valence-electron chi connectivity index (χ1n) is 12.5. The fourth-order valence-corrected chi connectivity index (χ4v) is 6.37. The van der Waals surface area contributed by atoms with E-state index in [2.05, 4.69) is 20.9 Å². The summed E-state index contributed by atoms with van der Waals surface area (Å²) in [6, 6.07) is 14.2. The van der Waals surface area contributed by atoms with Crippen LogP contribution in [-0.2, 0) is 9.53 Å². The van der Waals surface area contributed by atoms with Crippen LogP contribution in [0.2, 0.25) is 0 Å². The zero-order valence-electron chi connectivity index (χ0n) is 22.6. The number of allylic oxidation sites excluding steroid dienone is 1. The number of nitrogens with zero attached hydrogens (tertiary/aromatic N) is 2. The molecule has 40 heavy (non-hydrogen) atoms. The van der Waals surface area contributed by atoms with E-state index in [1.54, 1.807) is 45.2 Å². The third-order valence-corrected chi connectivity index (χ3v) is 8.18. The van der Waals surface area contributed by atoms with Crippen molar-refractivity contribution in [2.45, 2.75) is 26.8 Å². The molecule has 0 fully saturated rings. The molecule has 1 aliphatic heterocycles. The number of fused-ring (bicyclic) bond motifs is 1. The van der Waals surface area contributed by atoms with Crippen LogP contribution >= 0.6 is 27.3 Å². The molecule has 1 aliphatic rings. The van der Waals surface area contributed by atoms with Crippen LogP contribution in [0.4, 0.5) is 0 Å². The molecule has 0 radical (unpaired) electrons. The van der Waals surface area contributed by atoms with Gasteiger partial charge in [0, 0.05) is 27.7 Å². The minimum atomic E-state index is -0.811. The van der Waals surface area contributed by atoms with E-state index in [0.29, 0.717) is 43.6 Å². The molecule has 5 rings (SSSR count). The smallest absolute Gasteiger partial charge is 0.338 e. The minimum absolute atomic E-state index is 0.185. The Morgan fingerprint density at radius 1 is 1.12 bits per heavy atom. The molecule has 8 nitrogen and oxygen atoms in total. The lowest BCUT2D eigenvalue weighted by atomic mass is 9.95. The average molecular weight is 624 g/mol. The van der Waals surface area contributed by atoms with Crippen molar-refractivity contribution in [1.29, 1.82) is 0 Å². The zero-order chi connectivity index (χ0) is 28.6. The van der Waals surface area contributed by atoms with Crippen molar-refractivity contribution in [3.63, 3.8) is 0 Å². The molecule has 0 saturated carbocycles. The molecule has 4 aromatic rings. The number of esters is 1. The van der Waals surface area contributed by atoms with Crippen LogP contribution in [0.1, 0.15) is 36.8 Å². The van der Waals surface area contributed by atoms with Crippen molar-refractivity contribution < 1.29 is 23.4 Å². The highest BCUT2D eigenvalue weighted by Gasteiger charge is 2.35. The van der Waals surface area contributed by atoms with Gasteiger partial charge in [-0.25, -0.2) is 9.79 Å². The molecule has 2 aromatic carbocycles. The van der Waals surface area contributed by atoms with Gasteiger partial charge in [-0.2, -0.15) is 0 Å². The van der Waals surface area contributed by atoms with Crippen LogP contribution in [0, 0.1) is 6.92 Å². The van der Waals surface area contributed by atoms with Gasteiger partial charge in [0.2, 0.25) is 0 Å². The Balaban J connectivity index is 1.67. The van der Waals surface area contributed by atoms with Crippen molar-refractivity contribution in [2.75, 3.05) is 20.8 Å². The highest BCUT2D eigenvalue weighted by Crippen LogP contribution is 2.37. The number of hydrogen-bond acceptors (Lipinski definition) is 8. The molecule has 0 spiro atoms. The van der Waals surface area contributed by atoms with Crippen molar-refractivity contribution >= 4 is 39.3 Å². The second-order valence-electron chi connectivity index (χ2n) is 9.10. The van der Waals surface area contributed by atoms with Crippen LogP contribution in [0.3, 0.4) is 0 Å². The first-order valence-corrected chi connectivity index (χ1v) is 14.1. The number of ether oxygens (including phenoxy) is 3. The van der Waals surface area contributed by atoms with Crippen LogP contribution in [0.15, 0.2) is 78.5 Å². The summed E-state index contributed by atoms with van der Waals surface area (Å²) in [5.41, 5.74) is 3.08. The Morgan fingerprint density at radius 3 is 2.62 bits per heavy atom. The second kappa shape index (κ2) is 11.3. The summed E-state index contributed by atoms with van der Waals surface area (Å²) in [5, 5.41) is 0. The molecule has 0 unspecified atom stereocenters. The van der Waals surface area contributed by atoms with Gasteiger partial charge in [-0.15, -0.1) is 0 Å². The fourth-order valence-electron chi connectivity index (χ4n) is 4.65. The normalized spacial score (nSPS) is 15.1. The number of benzene rings is 2. The molecule has 0 bridgehead atoms. The average Bonchev–Trinajstić information content (AvgIpc) is 3.51. The fraction of sp³-hybridized carbons (Fsp3) is 0.233. The lowest BCUT2D eigenvalue weighted by molar-refractivity contribution is -0.139. The summed E-state index contributed by atoms with van der Waals surface area (Å²) >= 11 is 4.82. The molecule has 0 amide bonds. The van der Waals surface area contributed by atoms with Gasteiger partial charge >= 0.3 is 5.97 Å². The number of aryl methyl sites for hydroxylation is 1. The van der Waals surface area contributed by atoms with E-state index in [0.717, 1.165) is 15.6 Å². The molecule has 0 N–H and O–H groups in total. The lowest BCUT2D eigenvalue weighted by Gasteiger charge is -2.26. The second-order valence-corrected chi connectivity index (χ2v) is 11.0. The molecule has 3 heterocycles. The van der Waals surface area contributed by atoms with E-state index < -0.39 is 12.0 Å². The molecule has 10 heteroatoms. The Kier molecular flexibility index (Phi) is 7.82. The number of hydrogen-bond donors (Lipinski definition) is 0. The minimum Gasteiger partial charge on any atom is -0.497 e. The molecule has 2 aromatic heterocycles. The van der Waals surface area contributed by atoms with Crippen LogP contribution in [0.5, 0.6) is 11.5 Å². The van der Waals surface area contributed by atoms with Crippen molar-refractivity contribution in [1.82, 2.24) is 4.57 Å². The van der Waals surface area contributed by atoms with Crippen LogP contribution in [-0.4, -0.2) is 31.4 Å². The van der Waals surface area contributed by atoms with Crippen LogP contribution in [0.25, 0.3) is 17.4 Å². The molecule has 0 aliphatic carbocycles. The summed E-state index contributed by atoms with van der Waals surface area (Å²) < 4.78 is 25.3. The van der Waals surface area contributed by atoms with E-state index >= 15 is 0 Å². The number of halogens is 1. The summed E-state index contributed by atoms with van der Waals surface area (Å²) in [5.74, 6) is 1.70. The third-order valence-electron chi connectivity index (χ3n) is 6.54. The van der Waals surface area contributed by atoms with Gasteiger partial charge in [-0.05, 0) is 62.7 Å². The van der Waals surface area contributed by atoms with E-state index in [1.165, 1.54) is 23.0 Å². The van der Waals surface area contributed by atoms with Gasteiger partial charge < -0.3 is 18.6 Å². The molecule has 206 valence electrons. The topological polar surface area (TPSA) is 92.3 Å². The maximum absolute atomic E-state index is 13.9. The molecular weight excluding hydrogens is 596 g/mol. The maximum atomic E-state index is 13.9. The number of methoxy groups -OCH3 is 2. The van der Waals surface area contributed by atoms with Crippen molar-refractivity contribution in [3.8, 4) is 22.8 Å². The first-order chi connectivity index (χ1) is 19.2. The highest BCUT2D eigenvalue weighted by atomic mass is 79.9. The number of carbonyl (C=O) groups is 1. The van der Waals surface area contributed by atoms with E-state index in [1.807, 2.05) is 37.3 Å². The Hall–Kier alpha value is -3.89. The van der Waals surface area contributed by atoms with E-state index in [-0.39, 0.29) is 17.7 Å². The van der Waals surface area contributed by atoms with Gasteiger partial charge in [0.1, 0.15) is 29.1 Å². The molecule has 0 saturated heterocycles. The first kappa shape index (κ1) is 27.7. The third kappa shape index (κ3) is 5.04. The predicted molar refractivity (Wildman–Crippen MR) is 157 cm³/mol. The number of furan rings is 1. The van der Waals surface area contributed by atoms with Gasteiger partial charge in [0.25, 0.3) is 5.56 Å². The standard InChI is InChI=1S/C30H27BrN2O6S/c1-6-38-29(35)26-17(3)32-30-33(27(26)21-11-8-18(36-4)14-24(21)37-5)28(34)25(40-30)15-19-9-12-23(39-19)20-10-7-16(2)13-22(20)31/h7-15,27H,6H2,1-5H3/b25-15-/t27-/m1/s1. The SMILES string of the molecule is CCOC(=O)C1=C(C)N=c2s/c(=C\c3ccc(-c4ccc(C)cc4Br)o3)c(=O)n2[C@@H]1c1ccc(OC)cc1OC.